The molecule has 0 aromatic heterocycles. The first-order valence-electron chi connectivity index (χ1n) is 5.53. The molecule has 0 unspecified atom stereocenters. The maximum Gasteiger partial charge on any atom is 0.303 e. The van der Waals surface area contributed by atoms with E-state index in [2.05, 4.69) is 0 Å². The molecule has 1 aromatic carbocycles. The minimum atomic E-state index is -0.922. The van der Waals surface area contributed by atoms with Gasteiger partial charge < -0.3 is 5.11 Å². The van der Waals surface area contributed by atoms with E-state index in [0.29, 0.717) is 5.56 Å². The van der Waals surface area contributed by atoms with Gasteiger partial charge in [-0.15, -0.1) is 0 Å². The number of rotatable bonds is 4. The van der Waals surface area contributed by atoms with Gasteiger partial charge in [-0.3, -0.25) is 9.59 Å². The van der Waals surface area contributed by atoms with E-state index in [1.54, 1.807) is 0 Å². The van der Waals surface area contributed by atoms with E-state index in [-0.39, 0.29) is 18.6 Å². The molecular formula is C13H14O3. The number of hydrogen-bond donors (Lipinski definition) is 1. The van der Waals surface area contributed by atoms with E-state index in [1.807, 2.05) is 18.2 Å². The lowest BCUT2D eigenvalue weighted by Gasteiger charge is -2.03. The van der Waals surface area contributed by atoms with E-state index >= 15 is 0 Å². The highest BCUT2D eigenvalue weighted by Crippen LogP contribution is 2.23. The van der Waals surface area contributed by atoms with Crippen LogP contribution in [0.25, 0.3) is 0 Å². The number of hydrogen-bond acceptors (Lipinski definition) is 2. The summed E-state index contributed by atoms with van der Waals surface area (Å²) in [4.78, 5) is 22.1. The Balaban J connectivity index is 2.09. The molecule has 3 heteroatoms. The van der Waals surface area contributed by atoms with Crippen LogP contribution in [0.4, 0.5) is 0 Å². The van der Waals surface area contributed by atoms with Gasteiger partial charge in [0.25, 0.3) is 0 Å². The predicted molar refractivity (Wildman–Crippen MR) is 59.7 cm³/mol. The van der Waals surface area contributed by atoms with Crippen molar-refractivity contribution < 1.29 is 14.7 Å². The molecule has 1 aliphatic carbocycles. The number of aliphatic carboxylic acids is 1. The Labute approximate surface area is 94.1 Å². The molecule has 1 N–H and O–H groups in total. The third-order valence-electron chi connectivity index (χ3n) is 2.99. The zero-order valence-corrected chi connectivity index (χ0v) is 9.03. The summed E-state index contributed by atoms with van der Waals surface area (Å²) >= 11 is 0. The summed E-state index contributed by atoms with van der Waals surface area (Å²) < 4.78 is 0. The number of carbonyl (C=O) groups is 2. The maximum atomic E-state index is 11.7. The Bertz CT molecular complexity index is 435. The number of aryl methyl sites for hydroxylation is 2. The lowest BCUT2D eigenvalue weighted by atomic mass is 10.0. The van der Waals surface area contributed by atoms with Gasteiger partial charge in [0.05, 0.1) is 6.42 Å². The largest absolute Gasteiger partial charge is 0.481 e. The van der Waals surface area contributed by atoms with Gasteiger partial charge in [-0.2, -0.15) is 0 Å². The zero-order chi connectivity index (χ0) is 11.5. The molecule has 0 amide bonds. The number of Topliss-reactive ketones (excluding diaryl/α,β-unsaturated/α-hetero) is 1. The Morgan fingerprint density at radius 1 is 1.12 bits per heavy atom. The summed E-state index contributed by atoms with van der Waals surface area (Å²) in [7, 11) is 0. The van der Waals surface area contributed by atoms with Crippen molar-refractivity contribution in [3.8, 4) is 0 Å². The van der Waals surface area contributed by atoms with Gasteiger partial charge in [0.2, 0.25) is 0 Å². The fraction of sp³-hybridized carbons (Fsp3) is 0.385. The molecule has 0 aliphatic heterocycles. The molecule has 0 bridgehead atoms. The first kappa shape index (κ1) is 10.9. The minimum Gasteiger partial charge on any atom is -0.481 e. The smallest absolute Gasteiger partial charge is 0.303 e. The minimum absolute atomic E-state index is 0.0721. The molecule has 0 saturated heterocycles. The highest BCUT2D eigenvalue weighted by atomic mass is 16.4. The topological polar surface area (TPSA) is 54.4 Å². The van der Waals surface area contributed by atoms with Crippen LogP contribution >= 0.6 is 0 Å². The summed E-state index contributed by atoms with van der Waals surface area (Å²) in [6.07, 6.45) is 3.29. The Morgan fingerprint density at radius 2 is 1.88 bits per heavy atom. The molecule has 2 rings (SSSR count). The van der Waals surface area contributed by atoms with E-state index in [1.165, 1.54) is 11.1 Å². The number of carboxylic acid groups (broad SMARTS) is 1. The third-order valence-corrected chi connectivity index (χ3v) is 2.99. The van der Waals surface area contributed by atoms with Gasteiger partial charge in [-0.25, -0.2) is 0 Å². The number of ketones is 1. The average molecular weight is 218 g/mol. The number of carboxylic acids is 1. The van der Waals surface area contributed by atoms with Gasteiger partial charge in [-0.05, 0) is 36.5 Å². The predicted octanol–water partition coefficient (Wildman–Crippen LogP) is 2.22. The first-order valence-corrected chi connectivity index (χ1v) is 5.53. The summed E-state index contributed by atoms with van der Waals surface area (Å²) in [6.45, 7) is 0. The molecular weight excluding hydrogens is 204 g/mol. The third kappa shape index (κ3) is 2.30. The Kier molecular flexibility index (Phi) is 3.04. The van der Waals surface area contributed by atoms with Gasteiger partial charge >= 0.3 is 5.97 Å². The van der Waals surface area contributed by atoms with Crippen molar-refractivity contribution in [2.45, 2.75) is 32.1 Å². The summed E-state index contributed by atoms with van der Waals surface area (Å²) in [5.74, 6) is -0.994. The quantitative estimate of drug-likeness (QED) is 0.788. The van der Waals surface area contributed by atoms with Crippen LogP contribution in [0, 0.1) is 0 Å². The van der Waals surface area contributed by atoms with Crippen molar-refractivity contribution in [3.63, 3.8) is 0 Å². The van der Waals surface area contributed by atoms with E-state index in [4.69, 9.17) is 5.11 Å². The highest BCUT2D eigenvalue weighted by molar-refractivity contribution is 5.97. The van der Waals surface area contributed by atoms with Crippen LogP contribution in [0.5, 0.6) is 0 Å². The van der Waals surface area contributed by atoms with Crippen LogP contribution in [0.3, 0.4) is 0 Å². The van der Waals surface area contributed by atoms with Crippen LogP contribution < -0.4 is 0 Å². The number of fused-ring (bicyclic) bond motifs is 1. The number of carbonyl (C=O) groups excluding carboxylic acids is 1. The summed E-state index contributed by atoms with van der Waals surface area (Å²) in [5.41, 5.74) is 3.23. The molecule has 0 saturated carbocycles. The molecule has 0 heterocycles. The highest BCUT2D eigenvalue weighted by Gasteiger charge is 2.14. The summed E-state index contributed by atoms with van der Waals surface area (Å²) in [6, 6.07) is 5.73. The van der Waals surface area contributed by atoms with Crippen molar-refractivity contribution in [3.05, 3.63) is 34.9 Å². The molecule has 16 heavy (non-hydrogen) atoms. The second-order valence-corrected chi connectivity index (χ2v) is 4.15. The van der Waals surface area contributed by atoms with Gasteiger partial charge in [0.15, 0.2) is 5.78 Å². The van der Waals surface area contributed by atoms with Crippen LogP contribution in [0.2, 0.25) is 0 Å². The van der Waals surface area contributed by atoms with Crippen molar-refractivity contribution in [2.75, 3.05) is 0 Å². The standard InChI is InChI=1S/C13H14O3/c14-12(6-7-13(15)16)11-5-4-9-2-1-3-10(9)8-11/h4-5,8H,1-3,6-7H2,(H,15,16). The fourth-order valence-corrected chi connectivity index (χ4v) is 2.11. The van der Waals surface area contributed by atoms with Crippen LogP contribution in [0.15, 0.2) is 18.2 Å². The second kappa shape index (κ2) is 4.47. The lowest BCUT2D eigenvalue weighted by molar-refractivity contribution is -0.136. The fourth-order valence-electron chi connectivity index (χ4n) is 2.11. The van der Waals surface area contributed by atoms with E-state index in [0.717, 1.165) is 19.3 Å². The molecule has 0 spiro atoms. The zero-order valence-electron chi connectivity index (χ0n) is 9.03. The van der Waals surface area contributed by atoms with Gasteiger partial charge in [0, 0.05) is 12.0 Å². The number of benzene rings is 1. The first-order chi connectivity index (χ1) is 7.66. The molecule has 1 aliphatic rings. The molecule has 0 atom stereocenters. The molecule has 1 aromatic rings. The lowest BCUT2D eigenvalue weighted by Crippen LogP contribution is -2.04. The van der Waals surface area contributed by atoms with E-state index < -0.39 is 5.97 Å². The maximum absolute atomic E-state index is 11.7. The molecule has 0 fully saturated rings. The Morgan fingerprint density at radius 3 is 2.62 bits per heavy atom. The van der Waals surface area contributed by atoms with Crippen LogP contribution in [-0.2, 0) is 17.6 Å². The summed E-state index contributed by atoms with van der Waals surface area (Å²) in [5, 5.41) is 8.51. The van der Waals surface area contributed by atoms with E-state index in [9.17, 15) is 9.59 Å². The van der Waals surface area contributed by atoms with Crippen molar-refractivity contribution in [1.29, 1.82) is 0 Å². The van der Waals surface area contributed by atoms with Gasteiger partial charge in [-0.1, -0.05) is 12.1 Å². The normalized spacial score (nSPS) is 13.5. The SMILES string of the molecule is O=C(O)CCC(=O)c1ccc2c(c1)CCC2. The second-order valence-electron chi connectivity index (χ2n) is 4.15. The van der Waals surface area contributed by atoms with Gasteiger partial charge in [0.1, 0.15) is 0 Å². The van der Waals surface area contributed by atoms with Crippen molar-refractivity contribution in [1.82, 2.24) is 0 Å². The van der Waals surface area contributed by atoms with Crippen LogP contribution in [-0.4, -0.2) is 16.9 Å². The molecule has 84 valence electrons. The molecule has 3 nitrogen and oxygen atoms in total. The van der Waals surface area contributed by atoms with Crippen molar-refractivity contribution in [2.24, 2.45) is 0 Å². The molecule has 0 radical (unpaired) electrons. The van der Waals surface area contributed by atoms with Crippen LogP contribution in [0.1, 0.15) is 40.7 Å². The van der Waals surface area contributed by atoms with Crippen molar-refractivity contribution >= 4 is 11.8 Å². The Hall–Kier alpha value is -1.64. The average Bonchev–Trinajstić information content (AvgIpc) is 2.72. The monoisotopic (exact) mass is 218 g/mol.